The van der Waals surface area contributed by atoms with Crippen molar-refractivity contribution >= 4 is 0 Å². The summed E-state index contributed by atoms with van der Waals surface area (Å²) in [7, 11) is 4.16. The van der Waals surface area contributed by atoms with Crippen LogP contribution in [0.15, 0.2) is 16.2 Å². The van der Waals surface area contributed by atoms with E-state index in [0.29, 0.717) is 0 Å². The topological polar surface area (TPSA) is 72.9 Å². The average molecular weight is 385 g/mol. The van der Waals surface area contributed by atoms with E-state index in [9.17, 15) is 0 Å². The zero-order valence-electron chi connectivity index (χ0n) is 17.6. The highest BCUT2D eigenvalue weighted by Crippen LogP contribution is 2.37. The van der Waals surface area contributed by atoms with E-state index in [4.69, 9.17) is 9.51 Å². The molecule has 0 radical (unpaired) electrons. The Bertz CT molecular complexity index is 847. The Morgan fingerprint density at radius 2 is 2.11 bits per heavy atom. The van der Waals surface area contributed by atoms with Crippen molar-refractivity contribution in [3.63, 3.8) is 0 Å². The molecule has 0 aliphatic heterocycles. The maximum atomic E-state index is 5.76. The van der Waals surface area contributed by atoms with Gasteiger partial charge in [-0.1, -0.05) is 22.0 Å². The molecule has 0 amide bonds. The van der Waals surface area contributed by atoms with E-state index in [1.165, 1.54) is 30.5 Å². The molecule has 2 aliphatic carbocycles. The van der Waals surface area contributed by atoms with Crippen molar-refractivity contribution in [2.75, 3.05) is 20.6 Å². The van der Waals surface area contributed by atoms with Crippen LogP contribution in [0.1, 0.15) is 75.0 Å². The second kappa shape index (κ2) is 7.78. The Morgan fingerprint density at radius 1 is 1.25 bits per heavy atom. The fourth-order valence-corrected chi connectivity index (χ4v) is 4.32. The molecule has 2 aromatic heterocycles. The van der Waals surface area contributed by atoms with Crippen molar-refractivity contribution in [3.05, 3.63) is 34.8 Å². The zero-order chi connectivity index (χ0) is 19.7. The first-order chi connectivity index (χ1) is 13.4. The summed E-state index contributed by atoms with van der Waals surface area (Å²) in [5.41, 5.74) is 3.65. The summed E-state index contributed by atoms with van der Waals surface area (Å²) in [5.74, 6) is 1.84. The van der Waals surface area contributed by atoms with Gasteiger partial charge in [-0.3, -0.25) is 0 Å². The zero-order valence-corrected chi connectivity index (χ0v) is 17.6. The number of hydrogen-bond acceptors (Lipinski definition) is 6. The van der Waals surface area contributed by atoms with Crippen molar-refractivity contribution in [1.82, 2.24) is 30.0 Å². The van der Waals surface area contributed by atoms with Crippen molar-refractivity contribution in [1.29, 1.82) is 0 Å². The van der Waals surface area contributed by atoms with E-state index in [2.05, 4.69) is 59.1 Å². The molecule has 7 heteroatoms. The molecule has 4 rings (SSSR count). The van der Waals surface area contributed by atoms with Gasteiger partial charge in [-0.05, 0) is 66.5 Å². The van der Waals surface area contributed by atoms with E-state index < -0.39 is 0 Å². The largest absolute Gasteiger partial charge is 0.339 e. The molecule has 152 valence electrons. The Morgan fingerprint density at radius 3 is 2.86 bits per heavy atom. The average Bonchev–Trinajstić information content (AvgIpc) is 3.34. The fraction of sp³-hybridized carbons (Fsp3) is 0.714. The molecule has 2 aliphatic rings. The molecule has 0 bridgehead atoms. The molecule has 0 saturated heterocycles. The van der Waals surface area contributed by atoms with Gasteiger partial charge in [0.05, 0.1) is 17.9 Å². The van der Waals surface area contributed by atoms with E-state index in [1.54, 1.807) is 0 Å². The third-order valence-corrected chi connectivity index (χ3v) is 6.29. The van der Waals surface area contributed by atoms with Gasteiger partial charge in [0, 0.05) is 24.3 Å². The monoisotopic (exact) mass is 384 g/mol. The number of allylic oxidation sites excluding steroid dienone is 2. The minimum Gasteiger partial charge on any atom is -0.339 e. The molecule has 0 aromatic carbocycles. The first-order valence-electron chi connectivity index (χ1n) is 10.5. The second-order valence-corrected chi connectivity index (χ2v) is 9.01. The molecule has 1 atom stereocenters. The van der Waals surface area contributed by atoms with Crippen LogP contribution in [0.25, 0.3) is 0 Å². The third kappa shape index (κ3) is 3.77. The first-order valence-corrected chi connectivity index (χ1v) is 10.5. The van der Waals surface area contributed by atoms with Crippen LogP contribution < -0.4 is 0 Å². The van der Waals surface area contributed by atoms with Crippen molar-refractivity contribution in [3.8, 4) is 0 Å². The van der Waals surface area contributed by atoms with Gasteiger partial charge in [0.15, 0.2) is 5.82 Å². The van der Waals surface area contributed by atoms with Gasteiger partial charge in [-0.15, -0.1) is 5.10 Å². The van der Waals surface area contributed by atoms with Gasteiger partial charge in [-0.2, -0.15) is 4.98 Å². The van der Waals surface area contributed by atoms with Gasteiger partial charge >= 0.3 is 0 Å². The van der Waals surface area contributed by atoms with Crippen LogP contribution >= 0.6 is 0 Å². The van der Waals surface area contributed by atoms with Crippen LogP contribution in [0, 0.1) is 0 Å². The predicted octanol–water partition coefficient (Wildman–Crippen LogP) is 3.27. The van der Waals surface area contributed by atoms with E-state index in [1.807, 2.05) is 0 Å². The van der Waals surface area contributed by atoms with E-state index in [0.717, 1.165) is 56.2 Å². The number of likely N-dealkylation sites (N-methyl/N-ethyl adjacent to an activating group) is 1. The summed E-state index contributed by atoms with van der Waals surface area (Å²) in [5, 5.41) is 13.2. The molecule has 0 fully saturated rings. The number of aromatic nitrogens is 5. The lowest BCUT2D eigenvalue weighted by atomic mass is 9.78. The summed E-state index contributed by atoms with van der Waals surface area (Å²) < 4.78 is 7.82. The number of aryl methyl sites for hydroxylation is 1. The lowest BCUT2D eigenvalue weighted by Gasteiger charge is -2.27. The summed E-state index contributed by atoms with van der Waals surface area (Å²) in [4.78, 5) is 7.03. The predicted molar refractivity (Wildman–Crippen MR) is 107 cm³/mol. The number of hydrogen-bond donors (Lipinski definition) is 0. The third-order valence-electron chi connectivity index (χ3n) is 6.29. The van der Waals surface area contributed by atoms with Gasteiger partial charge in [0.2, 0.25) is 5.89 Å². The van der Waals surface area contributed by atoms with Gasteiger partial charge < -0.3 is 9.42 Å². The van der Waals surface area contributed by atoms with Crippen LogP contribution in [0.4, 0.5) is 0 Å². The summed E-state index contributed by atoms with van der Waals surface area (Å²) in [6.45, 7) is 6.25. The van der Waals surface area contributed by atoms with Crippen molar-refractivity contribution in [2.24, 2.45) is 0 Å². The van der Waals surface area contributed by atoms with Gasteiger partial charge in [-0.25, -0.2) is 4.68 Å². The quantitative estimate of drug-likeness (QED) is 0.712. The Hall–Kier alpha value is -2.02. The lowest BCUT2D eigenvalue weighted by molar-refractivity contribution is 0.326. The highest BCUT2D eigenvalue weighted by atomic mass is 16.5. The molecular formula is C21H32N6O. The van der Waals surface area contributed by atoms with Crippen LogP contribution in [0.2, 0.25) is 0 Å². The van der Waals surface area contributed by atoms with Crippen LogP contribution in [0.3, 0.4) is 0 Å². The minimum absolute atomic E-state index is 0.156. The second-order valence-electron chi connectivity index (χ2n) is 9.01. The number of fused-ring (bicyclic) bond motifs is 1. The minimum atomic E-state index is -0.156. The van der Waals surface area contributed by atoms with Crippen LogP contribution in [0.5, 0.6) is 0 Å². The molecule has 2 aromatic rings. The standard InChI is InChI=1S/C21H32N6O/c1-21(2,16-8-6-5-7-9-16)20-22-19(28-24-20)15-10-11-17-18(14-15)27(25-23-17)13-12-26(3)4/h8,15H,5-7,9-14H2,1-4H3. The molecule has 0 spiro atoms. The summed E-state index contributed by atoms with van der Waals surface area (Å²) >= 11 is 0. The maximum absolute atomic E-state index is 5.76. The highest BCUT2D eigenvalue weighted by molar-refractivity contribution is 5.27. The Balaban J connectivity index is 1.51. The molecule has 0 saturated carbocycles. The fourth-order valence-electron chi connectivity index (χ4n) is 4.32. The number of rotatable bonds is 6. The molecule has 1 unspecified atom stereocenters. The smallest absolute Gasteiger partial charge is 0.230 e. The van der Waals surface area contributed by atoms with Crippen molar-refractivity contribution < 1.29 is 4.52 Å². The normalized spacial score (nSPS) is 20.3. The molecular weight excluding hydrogens is 352 g/mol. The SMILES string of the molecule is CN(C)CCn1nnc2c1CC(c1nc(C(C)(C)C3=CCCCC3)no1)CC2. The number of nitrogens with zero attached hydrogens (tertiary/aromatic N) is 6. The van der Waals surface area contributed by atoms with Crippen LogP contribution in [-0.4, -0.2) is 50.7 Å². The summed E-state index contributed by atoms with van der Waals surface area (Å²) in [6, 6.07) is 0. The maximum Gasteiger partial charge on any atom is 0.230 e. The molecule has 28 heavy (non-hydrogen) atoms. The van der Waals surface area contributed by atoms with Gasteiger partial charge in [0.1, 0.15) is 0 Å². The van der Waals surface area contributed by atoms with Crippen molar-refractivity contribution in [2.45, 2.75) is 76.7 Å². The molecule has 2 heterocycles. The van der Waals surface area contributed by atoms with Crippen LogP contribution in [-0.2, 0) is 24.8 Å². The van der Waals surface area contributed by atoms with E-state index >= 15 is 0 Å². The Kier molecular flexibility index (Phi) is 5.36. The molecule has 0 N–H and O–H groups in total. The van der Waals surface area contributed by atoms with E-state index in [-0.39, 0.29) is 11.3 Å². The van der Waals surface area contributed by atoms with Gasteiger partial charge in [0.25, 0.3) is 0 Å². The first kappa shape index (κ1) is 19.3. The lowest BCUT2D eigenvalue weighted by Crippen LogP contribution is -2.24. The molecule has 7 nitrogen and oxygen atoms in total. The highest BCUT2D eigenvalue weighted by Gasteiger charge is 2.34. The summed E-state index contributed by atoms with van der Waals surface area (Å²) in [6.07, 6.45) is 10.0. The Labute approximate surface area is 167 Å².